The number of rotatable bonds is 3. The SMILES string of the molecule is CC(C)c1c(C(=O)c2ccccc2)[nH]c(=O)[nH]c1=O. The Morgan fingerprint density at radius 3 is 2.26 bits per heavy atom. The molecule has 5 heteroatoms. The van der Waals surface area contributed by atoms with E-state index in [1.54, 1.807) is 44.2 Å². The van der Waals surface area contributed by atoms with Crippen LogP contribution in [0.25, 0.3) is 0 Å². The molecule has 0 atom stereocenters. The average Bonchev–Trinajstić information content (AvgIpc) is 2.37. The zero-order valence-electron chi connectivity index (χ0n) is 10.7. The first-order valence-electron chi connectivity index (χ1n) is 5.97. The Labute approximate surface area is 109 Å². The largest absolute Gasteiger partial charge is 0.326 e. The van der Waals surface area contributed by atoms with E-state index < -0.39 is 11.2 Å². The maximum Gasteiger partial charge on any atom is 0.326 e. The van der Waals surface area contributed by atoms with Gasteiger partial charge in [-0.25, -0.2) is 4.79 Å². The van der Waals surface area contributed by atoms with Crippen LogP contribution in [0.2, 0.25) is 0 Å². The molecule has 0 saturated carbocycles. The highest BCUT2D eigenvalue weighted by Gasteiger charge is 2.19. The van der Waals surface area contributed by atoms with Crippen molar-refractivity contribution in [3.63, 3.8) is 0 Å². The molecule has 0 fully saturated rings. The summed E-state index contributed by atoms with van der Waals surface area (Å²) in [6.07, 6.45) is 0. The maximum absolute atomic E-state index is 12.4. The summed E-state index contributed by atoms with van der Waals surface area (Å²) in [7, 11) is 0. The van der Waals surface area contributed by atoms with Crippen molar-refractivity contribution in [1.82, 2.24) is 9.97 Å². The van der Waals surface area contributed by atoms with E-state index in [2.05, 4.69) is 9.97 Å². The van der Waals surface area contributed by atoms with Gasteiger partial charge in [-0.05, 0) is 5.92 Å². The van der Waals surface area contributed by atoms with E-state index in [1.165, 1.54) is 0 Å². The molecule has 0 aliphatic carbocycles. The molecule has 0 unspecified atom stereocenters. The van der Waals surface area contributed by atoms with Crippen molar-refractivity contribution in [3.8, 4) is 0 Å². The zero-order chi connectivity index (χ0) is 14.0. The molecule has 98 valence electrons. The molecule has 1 aromatic carbocycles. The Morgan fingerprint density at radius 1 is 1.05 bits per heavy atom. The molecule has 0 bridgehead atoms. The number of aromatic amines is 2. The highest BCUT2D eigenvalue weighted by Crippen LogP contribution is 2.15. The topological polar surface area (TPSA) is 82.8 Å². The third-order valence-electron chi connectivity index (χ3n) is 2.82. The van der Waals surface area contributed by atoms with Crippen molar-refractivity contribution >= 4 is 5.78 Å². The van der Waals surface area contributed by atoms with Gasteiger partial charge < -0.3 is 4.98 Å². The number of aromatic nitrogens is 2. The minimum atomic E-state index is -0.673. The summed E-state index contributed by atoms with van der Waals surface area (Å²) in [4.78, 5) is 40.1. The molecule has 0 aliphatic rings. The summed E-state index contributed by atoms with van der Waals surface area (Å²) in [6, 6.07) is 8.54. The number of ketones is 1. The first kappa shape index (κ1) is 13.0. The van der Waals surface area contributed by atoms with Crippen molar-refractivity contribution < 1.29 is 4.79 Å². The first-order chi connectivity index (χ1) is 9.00. The van der Waals surface area contributed by atoms with Crippen LogP contribution in [0.5, 0.6) is 0 Å². The van der Waals surface area contributed by atoms with Gasteiger partial charge in [-0.2, -0.15) is 0 Å². The third-order valence-corrected chi connectivity index (χ3v) is 2.82. The quantitative estimate of drug-likeness (QED) is 0.817. The number of carbonyl (C=O) groups is 1. The van der Waals surface area contributed by atoms with E-state index in [0.29, 0.717) is 11.1 Å². The Balaban J connectivity index is 2.66. The Morgan fingerprint density at radius 2 is 1.68 bits per heavy atom. The molecule has 0 spiro atoms. The summed E-state index contributed by atoms with van der Waals surface area (Å²) in [5.74, 6) is -0.518. The molecule has 1 aromatic heterocycles. The van der Waals surface area contributed by atoms with E-state index in [9.17, 15) is 14.4 Å². The van der Waals surface area contributed by atoms with Crippen molar-refractivity contribution in [1.29, 1.82) is 0 Å². The number of nitrogens with one attached hydrogen (secondary N) is 2. The lowest BCUT2D eigenvalue weighted by molar-refractivity contribution is 0.103. The van der Waals surface area contributed by atoms with Gasteiger partial charge in [-0.1, -0.05) is 44.2 Å². The van der Waals surface area contributed by atoms with Gasteiger partial charge in [-0.3, -0.25) is 14.6 Å². The van der Waals surface area contributed by atoms with Gasteiger partial charge in [0.05, 0.1) is 5.69 Å². The summed E-state index contributed by atoms with van der Waals surface area (Å²) in [6.45, 7) is 3.59. The molecular weight excluding hydrogens is 244 g/mol. The fourth-order valence-corrected chi connectivity index (χ4v) is 1.96. The minimum Gasteiger partial charge on any atom is -0.304 e. The van der Waals surface area contributed by atoms with Crippen molar-refractivity contribution in [2.45, 2.75) is 19.8 Å². The van der Waals surface area contributed by atoms with Crippen LogP contribution >= 0.6 is 0 Å². The Bertz CT molecular complexity index is 711. The van der Waals surface area contributed by atoms with Crippen molar-refractivity contribution in [3.05, 3.63) is 68.0 Å². The summed E-state index contributed by atoms with van der Waals surface area (Å²) in [5, 5.41) is 0. The molecule has 2 N–H and O–H groups in total. The van der Waals surface area contributed by atoms with E-state index >= 15 is 0 Å². The molecule has 0 amide bonds. The lowest BCUT2D eigenvalue weighted by atomic mass is 9.97. The molecule has 1 heterocycles. The smallest absolute Gasteiger partial charge is 0.304 e. The number of benzene rings is 1. The van der Waals surface area contributed by atoms with E-state index in [1.807, 2.05) is 0 Å². The fraction of sp³-hybridized carbons (Fsp3) is 0.214. The van der Waals surface area contributed by atoms with Gasteiger partial charge in [0.15, 0.2) is 0 Å². The number of hydrogen-bond acceptors (Lipinski definition) is 3. The van der Waals surface area contributed by atoms with Crippen molar-refractivity contribution in [2.75, 3.05) is 0 Å². The number of H-pyrrole nitrogens is 2. The van der Waals surface area contributed by atoms with E-state index in [4.69, 9.17) is 0 Å². The van der Waals surface area contributed by atoms with Crippen LogP contribution in [-0.4, -0.2) is 15.8 Å². The van der Waals surface area contributed by atoms with Crippen molar-refractivity contribution in [2.24, 2.45) is 0 Å². The van der Waals surface area contributed by atoms with Gasteiger partial charge >= 0.3 is 5.69 Å². The molecule has 2 aromatic rings. The lowest BCUT2D eigenvalue weighted by Gasteiger charge is -2.09. The maximum atomic E-state index is 12.4. The third kappa shape index (κ3) is 2.54. The van der Waals surface area contributed by atoms with Crippen LogP contribution in [0.1, 0.15) is 41.4 Å². The van der Waals surface area contributed by atoms with Gasteiger partial charge in [0.2, 0.25) is 5.78 Å². The van der Waals surface area contributed by atoms with Crippen LogP contribution < -0.4 is 11.2 Å². The Kier molecular flexibility index (Phi) is 3.46. The van der Waals surface area contributed by atoms with Gasteiger partial charge in [0.1, 0.15) is 0 Å². The molecule has 19 heavy (non-hydrogen) atoms. The predicted molar refractivity (Wildman–Crippen MR) is 71.6 cm³/mol. The predicted octanol–water partition coefficient (Wildman–Crippen LogP) is 1.42. The average molecular weight is 258 g/mol. The van der Waals surface area contributed by atoms with Crippen LogP contribution in [0.4, 0.5) is 0 Å². The van der Waals surface area contributed by atoms with E-state index in [-0.39, 0.29) is 17.4 Å². The monoisotopic (exact) mass is 258 g/mol. The molecule has 2 rings (SSSR count). The summed E-state index contributed by atoms with van der Waals surface area (Å²) >= 11 is 0. The van der Waals surface area contributed by atoms with Crippen LogP contribution in [0, 0.1) is 0 Å². The molecular formula is C14H14N2O3. The van der Waals surface area contributed by atoms with Crippen LogP contribution in [0.15, 0.2) is 39.9 Å². The summed E-state index contributed by atoms with van der Waals surface area (Å²) < 4.78 is 0. The summed E-state index contributed by atoms with van der Waals surface area (Å²) in [5.41, 5.74) is -0.388. The zero-order valence-corrected chi connectivity index (χ0v) is 10.7. The molecule has 0 aliphatic heterocycles. The fourth-order valence-electron chi connectivity index (χ4n) is 1.96. The second kappa shape index (κ2) is 5.06. The second-order valence-electron chi connectivity index (χ2n) is 4.55. The lowest BCUT2D eigenvalue weighted by Crippen LogP contribution is -2.30. The van der Waals surface area contributed by atoms with Gasteiger partial charge in [0, 0.05) is 11.1 Å². The number of carbonyl (C=O) groups excluding carboxylic acids is 1. The minimum absolute atomic E-state index is 0.0648. The second-order valence-corrected chi connectivity index (χ2v) is 4.55. The highest BCUT2D eigenvalue weighted by atomic mass is 16.2. The highest BCUT2D eigenvalue weighted by molar-refractivity contribution is 6.08. The van der Waals surface area contributed by atoms with Crippen LogP contribution in [0.3, 0.4) is 0 Å². The molecule has 0 saturated heterocycles. The standard InChI is InChI=1S/C14H14N2O3/c1-8(2)10-11(15-14(19)16-13(10)18)12(17)9-6-4-3-5-7-9/h3-8H,1-2H3,(H2,15,16,18,19). The van der Waals surface area contributed by atoms with Crippen LogP contribution in [-0.2, 0) is 0 Å². The molecule has 0 radical (unpaired) electrons. The van der Waals surface area contributed by atoms with Gasteiger partial charge in [-0.15, -0.1) is 0 Å². The first-order valence-corrected chi connectivity index (χ1v) is 5.97. The Hall–Kier alpha value is -2.43. The van der Waals surface area contributed by atoms with E-state index in [0.717, 1.165) is 0 Å². The van der Waals surface area contributed by atoms with Gasteiger partial charge in [0.25, 0.3) is 5.56 Å². The number of hydrogen-bond donors (Lipinski definition) is 2. The normalized spacial score (nSPS) is 10.7. The molecule has 5 nitrogen and oxygen atoms in total.